The highest BCUT2D eigenvalue weighted by Crippen LogP contribution is 2.25. The van der Waals surface area contributed by atoms with Crippen LogP contribution in [0.3, 0.4) is 0 Å². The van der Waals surface area contributed by atoms with Gasteiger partial charge in [0.05, 0.1) is 12.9 Å². The average molecular weight is 336 g/mol. The summed E-state index contributed by atoms with van der Waals surface area (Å²) >= 11 is 0. The number of hydrogen-bond donors (Lipinski definition) is 1. The van der Waals surface area contributed by atoms with E-state index in [9.17, 15) is 13.2 Å². The Kier molecular flexibility index (Phi) is 5.47. The molecule has 0 bridgehead atoms. The Morgan fingerprint density at radius 2 is 1.95 bits per heavy atom. The van der Waals surface area contributed by atoms with E-state index in [1.165, 1.54) is 19.2 Å². The molecule has 0 atom stereocenters. The highest BCUT2D eigenvalue weighted by Gasteiger charge is 2.19. The molecule has 1 aromatic rings. The van der Waals surface area contributed by atoms with Crippen molar-refractivity contribution in [3.05, 3.63) is 23.8 Å². The maximum Gasteiger partial charge on any atom is 0.412 e. The molecule has 0 aliphatic heterocycles. The fraction of sp³-hybridized carbons (Fsp3) is 0.462. The Bertz CT molecular complexity index is 622. The third kappa shape index (κ3) is 6.68. The largest absolute Gasteiger partial charge is 0.497 e. The minimum atomic E-state index is -3.77. The highest BCUT2D eigenvalue weighted by atomic mass is 35.7. The van der Waals surface area contributed by atoms with E-state index in [-0.39, 0.29) is 0 Å². The number of amides is 1. The third-order valence-corrected chi connectivity index (χ3v) is 3.26. The van der Waals surface area contributed by atoms with Crippen LogP contribution < -0.4 is 10.1 Å². The summed E-state index contributed by atoms with van der Waals surface area (Å²) in [7, 11) is 2.95. The van der Waals surface area contributed by atoms with Crippen molar-refractivity contribution < 1.29 is 22.7 Å². The molecule has 8 heteroatoms. The van der Waals surface area contributed by atoms with Crippen LogP contribution in [0.2, 0.25) is 0 Å². The molecule has 0 aromatic heterocycles. The van der Waals surface area contributed by atoms with Crippen LogP contribution >= 0.6 is 10.7 Å². The second-order valence-electron chi connectivity index (χ2n) is 5.33. The van der Waals surface area contributed by atoms with Gasteiger partial charge < -0.3 is 9.47 Å². The number of nitrogens with one attached hydrogen (secondary N) is 1. The van der Waals surface area contributed by atoms with E-state index in [1.807, 2.05) is 0 Å². The number of methoxy groups -OCH3 is 1. The Morgan fingerprint density at radius 3 is 2.43 bits per heavy atom. The normalized spacial score (nSPS) is 11.9. The lowest BCUT2D eigenvalue weighted by Crippen LogP contribution is -2.27. The maximum atomic E-state index is 11.8. The van der Waals surface area contributed by atoms with Crippen LogP contribution in [-0.2, 0) is 19.5 Å². The number of ether oxygens (including phenoxy) is 2. The summed E-state index contributed by atoms with van der Waals surface area (Å²) in [4.78, 5) is 11.8. The Morgan fingerprint density at radius 1 is 1.33 bits per heavy atom. The van der Waals surface area contributed by atoms with Crippen molar-refractivity contribution in [2.45, 2.75) is 32.1 Å². The number of benzene rings is 1. The molecule has 0 aliphatic rings. The summed E-state index contributed by atoms with van der Waals surface area (Å²) < 4.78 is 32.6. The monoisotopic (exact) mass is 335 g/mol. The zero-order valence-electron chi connectivity index (χ0n) is 12.3. The number of halogens is 1. The van der Waals surface area contributed by atoms with E-state index in [2.05, 4.69) is 5.32 Å². The fourth-order valence-electron chi connectivity index (χ4n) is 1.54. The molecule has 0 radical (unpaired) electrons. The minimum Gasteiger partial charge on any atom is -0.497 e. The van der Waals surface area contributed by atoms with Crippen molar-refractivity contribution in [2.24, 2.45) is 0 Å². The summed E-state index contributed by atoms with van der Waals surface area (Å²) in [6.45, 7) is 5.18. The fourth-order valence-corrected chi connectivity index (χ4v) is 2.50. The molecule has 21 heavy (non-hydrogen) atoms. The molecule has 118 valence electrons. The van der Waals surface area contributed by atoms with Crippen molar-refractivity contribution in [2.75, 3.05) is 12.4 Å². The molecular formula is C13H18ClNO5S. The minimum absolute atomic E-state index is 0.300. The first kappa shape index (κ1) is 17.6. The van der Waals surface area contributed by atoms with Crippen LogP contribution in [0.5, 0.6) is 5.75 Å². The van der Waals surface area contributed by atoms with Gasteiger partial charge in [0.15, 0.2) is 0 Å². The second-order valence-corrected chi connectivity index (χ2v) is 8.11. The van der Waals surface area contributed by atoms with Crippen LogP contribution in [0.25, 0.3) is 0 Å². The molecule has 0 unspecified atom stereocenters. The molecule has 0 fully saturated rings. The van der Waals surface area contributed by atoms with Gasteiger partial charge in [-0.15, -0.1) is 0 Å². The predicted octanol–water partition coefficient (Wildman–Crippen LogP) is 3.11. The number of rotatable bonds is 4. The summed E-state index contributed by atoms with van der Waals surface area (Å²) in [6, 6.07) is 4.61. The van der Waals surface area contributed by atoms with Gasteiger partial charge in [0, 0.05) is 16.4 Å². The highest BCUT2D eigenvalue weighted by molar-refractivity contribution is 8.13. The van der Waals surface area contributed by atoms with Crippen LogP contribution in [0.4, 0.5) is 10.5 Å². The van der Waals surface area contributed by atoms with Crippen LogP contribution in [0.1, 0.15) is 26.3 Å². The summed E-state index contributed by atoms with van der Waals surface area (Å²) in [5.74, 6) is 0.0247. The number of hydrogen-bond acceptors (Lipinski definition) is 5. The molecular weight excluding hydrogens is 318 g/mol. The molecule has 0 heterocycles. The zero-order valence-corrected chi connectivity index (χ0v) is 13.8. The van der Waals surface area contributed by atoms with E-state index in [0.717, 1.165) is 0 Å². The standard InChI is InChI=1S/C13H18ClNO5S/c1-13(2,3)20-12(16)15-11-6-5-10(19-4)7-9(11)8-21(14,17)18/h5-7H,8H2,1-4H3,(H,15,16). The van der Waals surface area contributed by atoms with Gasteiger partial charge in [0.25, 0.3) is 0 Å². The lowest BCUT2D eigenvalue weighted by Gasteiger charge is -2.20. The van der Waals surface area contributed by atoms with Gasteiger partial charge in [-0.25, -0.2) is 13.2 Å². The SMILES string of the molecule is COc1ccc(NC(=O)OC(C)(C)C)c(CS(=O)(=O)Cl)c1. The summed E-state index contributed by atoms with van der Waals surface area (Å²) in [6.07, 6.45) is -0.680. The number of carbonyl (C=O) groups is 1. The van der Waals surface area contributed by atoms with Gasteiger partial charge >= 0.3 is 6.09 Å². The Balaban J connectivity index is 3.03. The zero-order chi connectivity index (χ0) is 16.3. The van der Waals surface area contributed by atoms with E-state index in [0.29, 0.717) is 17.0 Å². The van der Waals surface area contributed by atoms with Gasteiger partial charge in [-0.3, -0.25) is 5.32 Å². The molecule has 1 aromatic carbocycles. The van der Waals surface area contributed by atoms with Gasteiger partial charge in [0.2, 0.25) is 9.05 Å². The molecule has 0 saturated carbocycles. The lowest BCUT2D eigenvalue weighted by molar-refractivity contribution is 0.0635. The predicted molar refractivity (Wildman–Crippen MR) is 81.3 cm³/mol. The first-order valence-corrected chi connectivity index (χ1v) is 8.57. The molecule has 1 rings (SSSR count). The van der Waals surface area contributed by atoms with Gasteiger partial charge in [-0.05, 0) is 44.5 Å². The van der Waals surface area contributed by atoms with Crippen molar-refractivity contribution in [3.63, 3.8) is 0 Å². The van der Waals surface area contributed by atoms with Crippen LogP contribution in [0, 0.1) is 0 Å². The molecule has 6 nitrogen and oxygen atoms in total. The second kappa shape index (κ2) is 6.53. The summed E-state index contributed by atoms with van der Waals surface area (Å²) in [5.41, 5.74) is -0.0422. The smallest absolute Gasteiger partial charge is 0.412 e. The molecule has 0 aliphatic carbocycles. The topological polar surface area (TPSA) is 81.7 Å². The maximum absolute atomic E-state index is 11.8. The van der Waals surface area contributed by atoms with Crippen molar-refractivity contribution >= 4 is 31.5 Å². The van der Waals surface area contributed by atoms with E-state index in [4.69, 9.17) is 20.2 Å². The van der Waals surface area contributed by atoms with Crippen LogP contribution in [-0.4, -0.2) is 27.2 Å². The van der Waals surface area contributed by atoms with Crippen molar-refractivity contribution in [1.82, 2.24) is 0 Å². The average Bonchev–Trinajstić information content (AvgIpc) is 2.27. The van der Waals surface area contributed by atoms with Gasteiger partial charge in [-0.1, -0.05) is 0 Å². The van der Waals surface area contributed by atoms with E-state index < -0.39 is 26.5 Å². The summed E-state index contributed by atoms with van der Waals surface area (Å²) in [5, 5.41) is 2.50. The number of anilines is 1. The molecule has 1 N–H and O–H groups in total. The first-order valence-electron chi connectivity index (χ1n) is 6.09. The van der Waals surface area contributed by atoms with E-state index in [1.54, 1.807) is 26.8 Å². The Hall–Kier alpha value is -1.47. The molecule has 1 amide bonds. The van der Waals surface area contributed by atoms with Crippen molar-refractivity contribution in [3.8, 4) is 5.75 Å². The van der Waals surface area contributed by atoms with Gasteiger partial charge in [0.1, 0.15) is 11.4 Å². The number of carbonyl (C=O) groups excluding carboxylic acids is 1. The van der Waals surface area contributed by atoms with E-state index >= 15 is 0 Å². The molecule has 0 spiro atoms. The first-order chi connectivity index (χ1) is 9.50. The van der Waals surface area contributed by atoms with Crippen molar-refractivity contribution in [1.29, 1.82) is 0 Å². The lowest BCUT2D eigenvalue weighted by atomic mass is 10.2. The van der Waals surface area contributed by atoms with Gasteiger partial charge in [-0.2, -0.15) is 0 Å². The molecule has 0 saturated heterocycles. The quantitative estimate of drug-likeness (QED) is 0.855. The third-order valence-electron chi connectivity index (χ3n) is 2.28. The Labute approximate surface area is 128 Å². The van der Waals surface area contributed by atoms with Crippen LogP contribution in [0.15, 0.2) is 18.2 Å².